The highest BCUT2D eigenvalue weighted by Gasteiger charge is 2.46. The van der Waals surface area contributed by atoms with Crippen molar-refractivity contribution in [3.8, 4) is 11.5 Å². The summed E-state index contributed by atoms with van der Waals surface area (Å²) in [4.78, 5) is 31.9. The highest BCUT2D eigenvalue weighted by atomic mass is 79.9. The predicted octanol–water partition coefficient (Wildman–Crippen LogP) is 4.48. The van der Waals surface area contributed by atoms with Gasteiger partial charge in [-0.15, -0.1) is 0 Å². The molecule has 1 unspecified atom stereocenters. The van der Waals surface area contributed by atoms with Gasteiger partial charge in [0, 0.05) is 11.8 Å². The highest BCUT2D eigenvalue weighted by Crippen LogP contribution is 2.41. The van der Waals surface area contributed by atoms with Gasteiger partial charge in [-0.25, -0.2) is 0 Å². The number of amides is 1. The van der Waals surface area contributed by atoms with Crippen molar-refractivity contribution in [2.24, 2.45) is 0 Å². The van der Waals surface area contributed by atoms with Gasteiger partial charge in [-0.1, -0.05) is 18.2 Å². The smallest absolute Gasteiger partial charge is 0.296 e. The molecule has 7 nitrogen and oxygen atoms in total. The molecule has 2 aromatic carbocycles. The molecule has 8 heteroatoms. The number of ketones is 1. The van der Waals surface area contributed by atoms with Crippen LogP contribution in [0.2, 0.25) is 0 Å². The molecule has 33 heavy (non-hydrogen) atoms. The van der Waals surface area contributed by atoms with Crippen molar-refractivity contribution in [1.29, 1.82) is 0 Å². The second-order valence-electron chi connectivity index (χ2n) is 7.37. The molecule has 1 aliphatic heterocycles. The molecular weight excluding hydrogens is 488 g/mol. The largest absolute Gasteiger partial charge is 0.507 e. The van der Waals surface area contributed by atoms with Crippen LogP contribution in [-0.4, -0.2) is 40.9 Å². The Kier molecular flexibility index (Phi) is 6.46. The molecule has 0 aliphatic carbocycles. The number of aliphatic hydroxyl groups excluding tert-OH is 1. The van der Waals surface area contributed by atoms with Crippen LogP contribution in [0.5, 0.6) is 11.5 Å². The van der Waals surface area contributed by atoms with Crippen LogP contribution in [0.25, 0.3) is 5.76 Å². The van der Waals surface area contributed by atoms with Crippen molar-refractivity contribution in [3.63, 3.8) is 0 Å². The van der Waals surface area contributed by atoms with E-state index in [9.17, 15) is 14.7 Å². The summed E-state index contributed by atoms with van der Waals surface area (Å²) >= 11 is 3.40. The molecule has 1 saturated heterocycles. The Morgan fingerprint density at radius 1 is 1.06 bits per heavy atom. The van der Waals surface area contributed by atoms with Gasteiger partial charge in [-0.3, -0.25) is 14.6 Å². The van der Waals surface area contributed by atoms with Crippen LogP contribution in [0, 0.1) is 0 Å². The third-order valence-electron chi connectivity index (χ3n) is 5.46. The summed E-state index contributed by atoms with van der Waals surface area (Å²) in [6, 6.07) is 16.6. The van der Waals surface area contributed by atoms with Crippen molar-refractivity contribution in [2.75, 3.05) is 14.2 Å². The summed E-state index contributed by atoms with van der Waals surface area (Å²) in [5, 5.41) is 11.2. The first-order valence-electron chi connectivity index (χ1n) is 10.1. The zero-order valence-corrected chi connectivity index (χ0v) is 19.6. The van der Waals surface area contributed by atoms with E-state index < -0.39 is 17.7 Å². The first kappa shape index (κ1) is 22.5. The number of aromatic nitrogens is 1. The summed E-state index contributed by atoms with van der Waals surface area (Å²) in [5.74, 6) is -0.499. The van der Waals surface area contributed by atoms with Gasteiger partial charge in [0.05, 0.1) is 42.5 Å². The quantitative estimate of drug-likeness (QED) is 0.300. The Morgan fingerprint density at radius 2 is 1.82 bits per heavy atom. The predicted molar refractivity (Wildman–Crippen MR) is 126 cm³/mol. The van der Waals surface area contributed by atoms with Gasteiger partial charge in [-0.2, -0.15) is 0 Å². The summed E-state index contributed by atoms with van der Waals surface area (Å²) < 4.78 is 11.1. The molecule has 1 amide bonds. The van der Waals surface area contributed by atoms with E-state index in [1.54, 1.807) is 67.9 Å². The SMILES string of the molecule is COc1ccc(C2/C(=C(/O)c3ccc(OC)c(Br)c3)C(=O)C(=O)N2Cc2ccccn2)cc1. The van der Waals surface area contributed by atoms with E-state index in [4.69, 9.17) is 9.47 Å². The van der Waals surface area contributed by atoms with E-state index in [1.165, 1.54) is 12.0 Å². The Balaban J connectivity index is 1.85. The number of hydrogen-bond acceptors (Lipinski definition) is 6. The van der Waals surface area contributed by atoms with Gasteiger partial charge in [-0.05, 0) is 64.0 Å². The minimum atomic E-state index is -0.793. The number of benzene rings is 2. The number of halogens is 1. The number of rotatable bonds is 6. The van der Waals surface area contributed by atoms with Crippen LogP contribution >= 0.6 is 15.9 Å². The molecular formula is C25H21BrN2O5. The van der Waals surface area contributed by atoms with E-state index in [0.717, 1.165) is 0 Å². The number of Topliss-reactive ketones (excluding diaryl/α,β-unsaturated/α-hetero) is 1. The minimum absolute atomic E-state index is 0.0122. The molecule has 1 aromatic heterocycles. The van der Waals surface area contributed by atoms with Crippen molar-refractivity contribution in [1.82, 2.24) is 9.88 Å². The topological polar surface area (TPSA) is 89.0 Å². The molecule has 2 heterocycles. The first-order chi connectivity index (χ1) is 15.9. The van der Waals surface area contributed by atoms with E-state index >= 15 is 0 Å². The zero-order chi connectivity index (χ0) is 23.5. The van der Waals surface area contributed by atoms with Crippen molar-refractivity contribution in [2.45, 2.75) is 12.6 Å². The molecule has 1 aliphatic rings. The second-order valence-corrected chi connectivity index (χ2v) is 8.22. The number of methoxy groups -OCH3 is 2. The molecule has 0 radical (unpaired) electrons. The molecule has 1 N–H and O–H groups in total. The van der Waals surface area contributed by atoms with E-state index in [0.29, 0.717) is 32.8 Å². The summed E-state index contributed by atoms with van der Waals surface area (Å²) in [5.41, 5.74) is 1.69. The van der Waals surface area contributed by atoms with Crippen LogP contribution < -0.4 is 9.47 Å². The lowest BCUT2D eigenvalue weighted by Crippen LogP contribution is -2.29. The van der Waals surface area contributed by atoms with Gasteiger partial charge in [0.15, 0.2) is 0 Å². The number of hydrogen-bond donors (Lipinski definition) is 1. The van der Waals surface area contributed by atoms with Crippen molar-refractivity contribution >= 4 is 33.4 Å². The maximum absolute atomic E-state index is 13.1. The fourth-order valence-electron chi connectivity index (χ4n) is 3.81. The number of carbonyl (C=O) groups is 2. The number of likely N-dealkylation sites (tertiary alicyclic amines) is 1. The zero-order valence-electron chi connectivity index (χ0n) is 18.0. The molecule has 1 atom stereocenters. The molecule has 1 fully saturated rings. The molecule has 4 rings (SSSR count). The fourth-order valence-corrected chi connectivity index (χ4v) is 4.35. The third-order valence-corrected chi connectivity index (χ3v) is 6.07. The molecule has 0 bridgehead atoms. The fraction of sp³-hybridized carbons (Fsp3) is 0.160. The van der Waals surface area contributed by atoms with Crippen LogP contribution in [0.15, 0.2) is 76.9 Å². The maximum Gasteiger partial charge on any atom is 0.296 e. The lowest BCUT2D eigenvalue weighted by atomic mass is 9.95. The van der Waals surface area contributed by atoms with E-state index in [2.05, 4.69) is 20.9 Å². The molecule has 168 valence electrons. The normalized spacial score (nSPS) is 17.3. The number of aliphatic hydroxyl groups is 1. The minimum Gasteiger partial charge on any atom is -0.507 e. The number of ether oxygens (including phenoxy) is 2. The van der Waals surface area contributed by atoms with Gasteiger partial charge in [0.1, 0.15) is 17.3 Å². The number of carbonyl (C=O) groups excluding carboxylic acids is 2. The lowest BCUT2D eigenvalue weighted by Gasteiger charge is -2.25. The van der Waals surface area contributed by atoms with Gasteiger partial charge in [0.25, 0.3) is 11.7 Å². The Bertz CT molecular complexity index is 1230. The van der Waals surface area contributed by atoms with Crippen LogP contribution in [0.1, 0.15) is 22.9 Å². The number of pyridine rings is 1. The van der Waals surface area contributed by atoms with Gasteiger partial charge < -0.3 is 19.5 Å². The standard InChI is InChI=1S/C25H21BrN2O5/c1-32-18-9-6-15(7-10-18)22-21(23(29)16-8-11-20(33-2)19(26)13-16)24(30)25(31)28(22)14-17-5-3-4-12-27-17/h3-13,22,29H,14H2,1-2H3/b23-21-. The summed E-state index contributed by atoms with van der Waals surface area (Å²) in [7, 11) is 3.09. The second kappa shape index (κ2) is 9.46. The molecule has 0 spiro atoms. The first-order valence-corrected chi connectivity index (χ1v) is 10.9. The van der Waals surface area contributed by atoms with Crippen LogP contribution in [0.3, 0.4) is 0 Å². The Morgan fingerprint density at radius 3 is 2.42 bits per heavy atom. The summed E-state index contributed by atoms with van der Waals surface area (Å²) in [6.07, 6.45) is 1.63. The monoisotopic (exact) mass is 508 g/mol. The number of nitrogens with zero attached hydrogens (tertiary/aromatic N) is 2. The van der Waals surface area contributed by atoms with Gasteiger partial charge >= 0.3 is 0 Å². The maximum atomic E-state index is 13.1. The van der Waals surface area contributed by atoms with Crippen molar-refractivity contribution in [3.05, 3.63) is 93.7 Å². The lowest BCUT2D eigenvalue weighted by molar-refractivity contribution is -0.140. The van der Waals surface area contributed by atoms with Crippen LogP contribution in [-0.2, 0) is 16.1 Å². The third kappa shape index (κ3) is 4.34. The van der Waals surface area contributed by atoms with Crippen LogP contribution in [0.4, 0.5) is 0 Å². The Hall–Kier alpha value is -3.65. The van der Waals surface area contributed by atoms with E-state index in [-0.39, 0.29) is 17.9 Å². The molecule has 0 saturated carbocycles. The van der Waals surface area contributed by atoms with E-state index in [1.807, 2.05) is 6.07 Å². The molecule has 3 aromatic rings. The van der Waals surface area contributed by atoms with Gasteiger partial charge in [0.2, 0.25) is 0 Å². The average molecular weight is 509 g/mol. The Labute approximate surface area is 199 Å². The highest BCUT2D eigenvalue weighted by molar-refractivity contribution is 9.10. The van der Waals surface area contributed by atoms with Crippen molar-refractivity contribution < 1.29 is 24.2 Å². The summed E-state index contributed by atoms with van der Waals surface area (Å²) in [6.45, 7) is 0.116. The average Bonchev–Trinajstić information content (AvgIpc) is 3.09.